The van der Waals surface area contributed by atoms with Crippen molar-refractivity contribution < 1.29 is 0 Å². The largest absolute Gasteiger partial charge is 0.398 e. The van der Waals surface area contributed by atoms with Crippen LogP contribution in [-0.4, -0.2) is 15.0 Å². The molecule has 5 nitrogen and oxygen atoms in total. The van der Waals surface area contributed by atoms with Gasteiger partial charge in [0, 0.05) is 29.7 Å². The molecule has 2 heterocycles. The Morgan fingerprint density at radius 1 is 1.21 bits per heavy atom. The summed E-state index contributed by atoms with van der Waals surface area (Å²) in [5, 5.41) is 4.36. The van der Waals surface area contributed by atoms with Gasteiger partial charge in [0.1, 0.15) is 5.82 Å². The van der Waals surface area contributed by atoms with E-state index < -0.39 is 0 Å². The Morgan fingerprint density at radius 2 is 2.11 bits per heavy atom. The Kier molecular flexibility index (Phi) is 2.79. The Bertz CT molecular complexity index is 690. The van der Waals surface area contributed by atoms with Crippen molar-refractivity contribution in [3.63, 3.8) is 0 Å². The molecular formula is C14H15N5. The number of nitrogens with zero attached hydrogens (tertiary/aromatic N) is 2. The average Bonchev–Trinajstić information content (AvgIpc) is 2.96. The van der Waals surface area contributed by atoms with Crippen LogP contribution < -0.4 is 11.1 Å². The molecule has 0 bridgehead atoms. The highest BCUT2D eigenvalue weighted by atomic mass is 15.0. The van der Waals surface area contributed by atoms with Gasteiger partial charge in [-0.3, -0.25) is 4.98 Å². The molecule has 4 N–H and O–H groups in total. The van der Waals surface area contributed by atoms with E-state index in [0.29, 0.717) is 0 Å². The van der Waals surface area contributed by atoms with Crippen LogP contribution >= 0.6 is 0 Å². The fraction of sp³-hybridized carbons (Fsp3) is 0.143. The lowest BCUT2D eigenvalue weighted by molar-refractivity contribution is 0.811. The van der Waals surface area contributed by atoms with Gasteiger partial charge in [0.25, 0.3) is 0 Å². The minimum Gasteiger partial charge on any atom is -0.398 e. The summed E-state index contributed by atoms with van der Waals surface area (Å²) in [7, 11) is 0. The quantitative estimate of drug-likeness (QED) is 0.627. The number of nitrogens with two attached hydrogens (primary N) is 1. The van der Waals surface area contributed by atoms with Gasteiger partial charge >= 0.3 is 0 Å². The van der Waals surface area contributed by atoms with Crippen molar-refractivity contribution in [2.45, 2.75) is 13.0 Å². The maximum atomic E-state index is 5.96. The fourth-order valence-corrected chi connectivity index (χ4v) is 2.13. The van der Waals surface area contributed by atoms with E-state index in [2.05, 4.69) is 20.3 Å². The van der Waals surface area contributed by atoms with E-state index >= 15 is 0 Å². The molecule has 5 heteroatoms. The molecule has 1 aromatic carbocycles. The molecule has 0 fully saturated rings. The summed E-state index contributed by atoms with van der Waals surface area (Å²) in [5.74, 6) is 0.890. The molecule has 0 aliphatic rings. The summed E-state index contributed by atoms with van der Waals surface area (Å²) in [6.45, 7) is 2.05. The Hall–Kier alpha value is -2.56. The summed E-state index contributed by atoms with van der Waals surface area (Å²) >= 11 is 0. The maximum absolute atomic E-state index is 5.96. The number of benzene rings is 1. The van der Waals surface area contributed by atoms with Crippen LogP contribution in [0.1, 0.15) is 18.8 Å². The standard InChI is InChI=1S/C14H15N5/c1-9(14-17-7-8-18-14)19-12-5-4-11(15)10-3-2-6-16-13(10)12/h2-9,19H,15H2,1H3,(H,17,18). The second-order valence-corrected chi connectivity index (χ2v) is 4.44. The molecule has 0 aliphatic carbocycles. The first-order valence-corrected chi connectivity index (χ1v) is 6.15. The van der Waals surface area contributed by atoms with E-state index in [0.717, 1.165) is 28.1 Å². The zero-order valence-electron chi connectivity index (χ0n) is 10.6. The lowest BCUT2D eigenvalue weighted by atomic mass is 10.1. The van der Waals surface area contributed by atoms with E-state index in [9.17, 15) is 0 Å². The summed E-state index contributed by atoms with van der Waals surface area (Å²) in [4.78, 5) is 11.7. The summed E-state index contributed by atoms with van der Waals surface area (Å²) < 4.78 is 0. The number of hydrogen-bond donors (Lipinski definition) is 3. The third kappa shape index (κ3) is 2.10. The highest BCUT2D eigenvalue weighted by molar-refractivity contribution is 5.98. The van der Waals surface area contributed by atoms with Crippen molar-refractivity contribution in [3.8, 4) is 0 Å². The van der Waals surface area contributed by atoms with Gasteiger partial charge in [0.15, 0.2) is 0 Å². The van der Waals surface area contributed by atoms with Crippen molar-refractivity contribution in [3.05, 3.63) is 48.7 Å². The summed E-state index contributed by atoms with van der Waals surface area (Å²) in [6, 6.07) is 7.77. The molecule has 2 aromatic heterocycles. The number of nitrogen functional groups attached to an aromatic ring is 1. The van der Waals surface area contributed by atoms with Gasteiger partial charge in [-0.15, -0.1) is 0 Å². The van der Waals surface area contributed by atoms with E-state index in [1.54, 1.807) is 12.4 Å². The van der Waals surface area contributed by atoms with E-state index in [4.69, 9.17) is 5.73 Å². The summed E-state index contributed by atoms with van der Waals surface area (Å²) in [6.07, 6.45) is 5.32. The average molecular weight is 253 g/mol. The molecule has 3 aromatic rings. The third-order valence-electron chi connectivity index (χ3n) is 3.10. The second kappa shape index (κ2) is 4.61. The number of aromatic nitrogens is 3. The monoisotopic (exact) mass is 253 g/mol. The molecule has 3 rings (SSSR count). The van der Waals surface area contributed by atoms with Gasteiger partial charge < -0.3 is 16.0 Å². The van der Waals surface area contributed by atoms with Gasteiger partial charge in [-0.25, -0.2) is 4.98 Å². The number of hydrogen-bond acceptors (Lipinski definition) is 4. The minimum atomic E-state index is 0.0730. The zero-order valence-corrected chi connectivity index (χ0v) is 10.6. The Labute approximate surface area is 110 Å². The maximum Gasteiger partial charge on any atom is 0.128 e. The Morgan fingerprint density at radius 3 is 2.89 bits per heavy atom. The van der Waals surface area contributed by atoms with Crippen molar-refractivity contribution >= 4 is 22.3 Å². The van der Waals surface area contributed by atoms with E-state index in [-0.39, 0.29) is 6.04 Å². The highest BCUT2D eigenvalue weighted by Gasteiger charge is 2.10. The predicted molar refractivity (Wildman–Crippen MR) is 76.8 cm³/mol. The fourth-order valence-electron chi connectivity index (χ4n) is 2.13. The molecule has 0 aliphatic heterocycles. The number of aromatic amines is 1. The van der Waals surface area contributed by atoms with Crippen LogP contribution in [0, 0.1) is 0 Å². The van der Waals surface area contributed by atoms with Crippen LogP contribution in [0.5, 0.6) is 0 Å². The van der Waals surface area contributed by atoms with Crippen LogP contribution in [0.3, 0.4) is 0 Å². The molecule has 0 amide bonds. The summed E-state index contributed by atoms with van der Waals surface area (Å²) in [5.41, 5.74) is 8.53. The number of pyridine rings is 1. The first-order chi connectivity index (χ1) is 9.25. The van der Waals surface area contributed by atoms with E-state index in [1.165, 1.54) is 0 Å². The van der Waals surface area contributed by atoms with Crippen molar-refractivity contribution in [2.75, 3.05) is 11.1 Å². The molecule has 96 valence electrons. The first kappa shape index (κ1) is 11.5. The van der Waals surface area contributed by atoms with Crippen LogP contribution in [0.2, 0.25) is 0 Å². The van der Waals surface area contributed by atoms with Crippen LogP contribution in [0.15, 0.2) is 42.9 Å². The number of H-pyrrole nitrogens is 1. The highest BCUT2D eigenvalue weighted by Crippen LogP contribution is 2.28. The minimum absolute atomic E-state index is 0.0730. The van der Waals surface area contributed by atoms with Crippen molar-refractivity contribution in [1.29, 1.82) is 0 Å². The smallest absolute Gasteiger partial charge is 0.128 e. The lowest BCUT2D eigenvalue weighted by Crippen LogP contribution is -2.09. The molecular weight excluding hydrogens is 238 g/mol. The van der Waals surface area contributed by atoms with Crippen LogP contribution in [0.4, 0.5) is 11.4 Å². The lowest BCUT2D eigenvalue weighted by Gasteiger charge is -2.15. The molecule has 1 atom stereocenters. The van der Waals surface area contributed by atoms with Crippen LogP contribution in [-0.2, 0) is 0 Å². The number of nitrogens with one attached hydrogen (secondary N) is 2. The van der Waals surface area contributed by atoms with Gasteiger partial charge in [0.05, 0.1) is 17.2 Å². The van der Waals surface area contributed by atoms with Gasteiger partial charge in [-0.2, -0.15) is 0 Å². The predicted octanol–water partition coefficient (Wildman–Crippen LogP) is 2.71. The molecule has 1 unspecified atom stereocenters. The van der Waals surface area contributed by atoms with Crippen LogP contribution in [0.25, 0.3) is 10.9 Å². The molecule has 0 spiro atoms. The van der Waals surface area contributed by atoms with E-state index in [1.807, 2.05) is 37.4 Å². The Balaban J connectivity index is 2.00. The zero-order chi connectivity index (χ0) is 13.2. The molecule has 0 saturated carbocycles. The molecule has 0 saturated heterocycles. The second-order valence-electron chi connectivity index (χ2n) is 4.44. The molecule has 0 radical (unpaired) electrons. The number of anilines is 2. The van der Waals surface area contributed by atoms with Gasteiger partial charge in [-0.1, -0.05) is 0 Å². The third-order valence-corrected chi connectivity index (χ3v) is 3.10. The topological polar surface area (TPSA) is 79.6 Å². The number of fused-ring (bicyclic) bond motifs is 1. The van der Waals surface area contributed by atoms with Crippen molar-refractivity contribution in [2.24, 2.45) is 0 Å². The normalized spacial score (nSPS) is 12.5. The van der Waals surface area contributed by atoms with Gasteiger partial charge in [0.2, 0.25) is 0 Å². The SMILES string of the molecule is CC(Nc1ccc(N)c2cccnc12)c1ncc[nH]1. The molecule has 19 heavy (non-hydrogen) atoms. The first-order valence-electron chi connectivity index (χ1n) is 6.15. The number of imidazole rings is 1. The van der Waals surface area contributed by atoms with Crippen molar-refractivity contribution in [1.82, 2.24) is 15.0 Å². The number of rotatable bonds is 3. The van der Waals surface area contributed by atoms with Gasteiger partial charge in [-0.05, 0) is 31.2 Å².